The van der Waals surface area contributed by atoms with Crippen LogP contribution in [-0.4, -0.2) is 43.7 Å². The average molecular weight is 468 g/mol. The molecule has 0 fully saturated rings. The van der Waals surface area contributed by atoms with Gasteiger partial charge in [-0.05, 0) is 53.6 Å². The SMILES string of the molecule is Cc1cc(CN(CC(C)C)C(=O)C(C)CNCc2cccc3c2CCN3)cc2c1OCCCO2.[HH]. The molecule has 4 rings (SSSR count). The van der Waals surface area contributed by atoms with Gasteiger partial charge in [0, 0.05) is 52.2 Å². The lowest BCUT2D eigenvalue weighted by Crippen LogP contribution is -2.40. The summed E-state index contributed by atoms with van der Waals surface area (Å²) in [6.45, 7) is 13.5. The van der Waals surface area contributed by atoms with Crippen LogP contribution in [0.1, 0.15) is 50.9 Å². The minimum Gasteiger partial charge on any atom is -0.490 e. The van der Waals surface area contributed by atoms with E-state index in [9.17, 15) is 4.79 Å². The van der Waals surface area contributed by atoms with Gasteiger partial charge in [-0.15, -0.1) is 0 Å². The molecule has 0 spiro atoms. The Kier molecular flexibility index (Phi) is 7.99. The van der Waals surface area contributed by atoms with Gasteiger partial charge < -0.3 is 25.0 Å². The highest BCUT2D eigenvalue weighted by Crippen LogP contribution is 2.35. The number of anilines is 1. The molecule has 0 aromatic heterocycles. The van der Waals surface area contributed by atoms with E-state index in [1.165, 1.54) is 16.8 Å². The molecule has 1 atom stereocenters. The Morgan fingerprint density at radius 3 is 2.85 bits per heavy atom. The van der Waals surface area contributed by atoms with Gasteiger partial charge in [-0.25, -0.2) is 0 Å². The average Bonchev–Trinajstić information content (AvgIpc) is 3.16. The summed E-state index contributed by atoms with van der Waals surface area (Å²) in [4.78, 5) is 15.5. The third-order valence-electron chi connectivity index (χ3n) is 6.51. The highest BCUT2D eigenvalue weighted by molar-refractivity contribution is 5.78. The number of benzene rings is 2. The molecule has 0 aliphatic carbocycles. The Labute approximate surface area is 205 Å². The number of amides is 1. The van der Waals surface area contributed by atoms with Crippen molar-refractivity contribution in [2.75, 3.05) is 38.2 Å². The molecule has 0 bridgehead atoms. The molecule has 2 heterocycles. The van der Waals surface area contributed by atoms with Crippen molar-refractivity contribution in [2.24, 2.45) is 11.8 Å². The zero-order valence-corrected chi connectivity index (χ0v) is 21.1. The number of rotatable bonds is 9. The van der Waals surface area contributed by atoms with Crippen molar-refractivity contribution in [2.45, 2.75) is 53.6 Å². The molecule has 34 heavy (non-hydrogen) atoms. The predicted molar refractivity (Wildman–Crippen MR) is 139 cm³/mol. The number of ether oxygens (including phenoxy) is 2. The maximum absolute atomic E-state index is 13.5. The van der Waals surface area contributed by atoms with Gasteiger partial charge in [-0.3, -0.25) is 4.79 Å². The van der Waals surface area contributed by atoms with E-state index in [2.05, 4.69) is 48.7 Å². The van der Waals surface area contributed by atoms with E-state index < -0.39 is 0 Å². The largest absolute Gasteiger partial charge is 0.490 e. The van der Waals surface area contributed by atoms with Crippen LogP contribution in [-0.2, 0) is 24.3 Å². The molecule has 2 aliphatic rings. The summed E-state index contributed by atoms with van der Waals surface area (Å²) in [5.74, 6) is 2.11. The number of carbonyl (C=O) groups is 1. The number of hydrogen-bond acceptors (Lipinski definition) is 5. The molecule has 186 valence electrons. The van der Waals surface area contributed by atoms with Crippen molar-refractivity contribution < 1.29 is 15.7 Å². The van der Waals surface area contributed by atoms with Crippen LogP contribution in [0.25, 0.3) is 0 Å². The fourth-order valence-corrected chi connectivity index (χ4v) is 4.91. The second-order valence-corrected chi connectivity index (χ2v) is 10.1. The molecule has 6 heteroatoms. The first-order valence-corrected chi connectivity index (χ1v) is 12.7. The Bertz CT molecular complexity index is 1010. The molecule has 1 amide bonds. The highest BCUT2D eigenvalue weighted by atomic mass is 16.5. The normalized spacial score (nSPS) is 15.4. The second kappa shape index (κ2) is 11.1. The van der Waals surface area contributed by atoms with Crippen LogP contribution in [0.5, 0.6) is 11.5 Å². The fourth-order valence-electron chi connectivity index (χ4n) is 4.91. The van der Waals surface area contributed by atoms with Gasteiger partial charge in [0.1, 0.15) is 0 Å². The third kappa shape index (κ3) is 5.84. The lowest BCUT2D eigenvalue weighted by molar-refractivity contribution is -0.136. The number of nitrogens with one attached hydrogen (secondary N) is 2. The maximum atomic E-state index is 13.5. The van der Waals surface area contributed by atoms with E-state index in [0.29, 0.717) is 32.2 Å². The maximum Gasteiger partial charge on any atom is 0.226 e. The van der Waals surface area contributed by atoms with Crippen molar-refractivity contribution in [3.05, 3.63) is 52.6 Å². The van der Waals surface area contributed by atoms with Crippen molar-refractivity contribution in [1.82, 2.24) is 10.2 Å². The lowest BCUT2D eigenvalue weighted by atomic mass is 10.0. The molecule has 6 nitrogen and oxygen atoms in total. The van der Waals surface area contributed by atoms with E-state index in [-0.39, 0.29) is 13.3 Å². The van der Waals surface area contributed by atoms with Gasteiger partial charge >= 0.3 is 0 Å². The molecule has 1 unspecified atom stereocenters. The van der Waals surface area contributed by atoms with Crippen molar-refractivity contribution in [3.63, 3.8) is 0 Å². The molecule has 2 aliphatic heterocycles. The fraction of sp³-hybridized carbons (Fsp3) is 0.536. The van der Waals surface area contributed by atoms with E-state index in [1.54, 1.807) is 0 Å². The zero-order chi connectivity index (χ0) is 24.1. The zero-order valence-electron chi connectivity index (χ0n) is 21.1. The Hall–Kier alpha value is -2.73. The van der Waals surface area contributed by atoms with Crippen LogP contribution in [0.4, 0.5) is 5.69 Å². The van der Waals surface area contributed by atoms with E-state index >= 15 is 0 Å². The molecule has 0 saturated heterocycles. The summed E-state index contributed by atoms with van der Waals surface area (Å²) in [6.07, 6.45) is 1.95. The van der Waals surface area contributed by atoms with E-state index in [1.807, 2.05) is 24.8 Å². The summed E-state index contributed by atoms with van der Waals surface area (Å²) in [7, 11) is 0. The van der Waals surface area contributed by atoms with Gasteiger partial charge in [0.15, 0.2) is 11.5 Å². The van der Waals surface area contributed by atoms with Crippen LogP contribution < -0.4 is 20.1 Å². The van der Waals surface area contributed by atoms with Crippen LogP contribution in [0.3, 0.4) is 0 Å². The number of hydrogen-bond donors (Lipinski definition) is 2. The van der Waals surface area contributed by atoms with Crippen molar-refractivity contribution in [1.29, 1.82) is 0 Å². The first-order valence-electron chi connectivity index (χ1n) is 12.7. The molecule has 0 radical (unpaired) electrons. The first kappa shape index (κ1) is 24.4. The van der Waals surface area contributed by atoms with Gasteiger partial charge in [0.2, 0.25) is 5.91 Å². The Balaban J connectivity index is 0.00000342. The minimum absolute atomic E-state index is 0. The standard InChI is InChI=1S/C28H39N3O3.H2/c1-19(2)17-31(18-22-13-20(3)27-26(14-22)33-11-6-12-34-27)28(32)21(4)15-29-16-23-7-5-8-25-24(23)9-10-30-25;/h5,7-8,13-14,19,21,29-30H,6,9-12,15-18H2,1-4H3;1H. The summed E-state index contributed by atoms with van der Waals surface area (Å²) < 4.78 is 11.8. The molecule has 2 aromatic carbocycles. The van der Waals surface area contributed by atoms with Crippen LogP contribution in [0.2, 0.25) is 0 Å². The van der Waals surface area contributed by atoms with Gasteiger partial charge in [0.05, 0.1) is 13.2 Å². The Morgan fingerprint density at radius 2 is 2.03 bits per heavy atom. The topological polar surface area (TPSA) is 62.8 Å². The van der Waals surface area contributed by atoms with Crippen LogP contribution in [0, 0.1) is 18.8 Å². The lowest BCUT2D eigenvalue weighted by Gasteiger charge is -2.28. The molecular weight excluding hydrogens is 426 g/mol. The summed E-state index contributed by atoms with van der Waals surface area (Å²) >= 11 is 0. The molecular formula is C28H41N3O3. The van der Waals surface area contributed by atoms with Gasteiger partial charge in [-0.2, -0.15) is 0 Å². The van der Waals surface area contributed by atoms with Crippen molar-refractivity contribution in [3.8, 4) is 11.5 Å². The van der Waals surface area contributed by atoms with Crippen LogP contribution in [0.15, 0.2) is 30.3 Å². The number of fused-ring (bicyclic) bond motifs is 2. The second-order valence-electron chi connectivity index (χ2n) is 10.1. The minimum atomic E-state index is -0.102. The summed E-state index contributed by atoms with van der Waals surface area (Å²) in [6, 6.07) is 10.6. The highest BCUT2D eigenvalue weighted by Gasteiger charge is 2.23. The number of nitrogens with zero attached hydrogens (tertiary/aromatic N) is 1. The van der Waals surface area contributed by atoms with Crippen molar-refractivity contribution >= 4 is 11.6 Å². The molecule has 0 saturated carbocycles. The quantitative estimate of drug-likeness (QED) is 0.556. The number of aryl methyl sites for hydroxylation is 1. The summed E-state index contributed by atoms with van der Waals surface area (Å²) in [5, 5.41) is 6.96. The molecule has 2 N–H and O–H groups in total. The van der Waals surface area contributed by atoms with E-state index in [4.69, 9.17) is 9.47 Å². The van der Waals surface area contributed by atoms with Crippen LogP contribution >= 0.6 is 0 Å². The monoisotopic (exact) mass is 467 g/mol. The predicted octanol–water partition coefficient (Wildman–Crippen LogP) is 4.78. The molecule has 2 aromatic rings. The first-order chi connectivity index (χ1) is 16.4. The third-order valence-corrected chi connectivity index (χ3v) is 6.51. The summed E-state index contributed by atoms with van der Waals surface area (Å²) in [5.41, 5.74) is 6.12. The Morgan fingerprint density at radius 1 is 1.21 bits per heavy atom. The van der Waals surface area contributed by atoms with Gasteiger partial charge in [-0.1, -0.05) is 39.0 Å². The number of carbonyl (C=O) groups excluding carboxylic acids is 1. The van der Waals surface area contributed by atoms with Gasteiger partial charge in [0.25, 0.3) is 0 Å². The van der Waals surface area contributed by atoms with E-state index in [0.717, 1.165) is 55.1 Å². The smallest absolute Gasteiger partial charge is 0.226 e.